The van der Waals surface area contributed by atoms with Crippen molar-refractivity contribution in [2.75, 3.05) is 13.1 Å². The zero-order valence-electron chi connectivity index (χ0n) is 9.76. The summed E-state index contributed by atoms with van der Waals surface area (Å²) in [7, 11) is 0. The van der Waals surface area contributed by atoms with Gasteiger partial charge in [0.25, 0.3) is 0 Å². The van der Waals surface area contributed by atoms with E-state index < -0.39 is 0 Å². The van der Waals surface area contributed by atoms with E-state index in [4.69, 9.17) is 11.6 Å². The molecular formula is C13H17ClN2. The topological polar surface area (TPSA) is 24.4 Å². The van der Waals surface area contributed by atoms with Gasteiger partial charge in [-0.15, -0.1) is 0 Å². The minimum Gasteiger partial charge on any atom is -0.372 e. The second-order valence-corrected chi connectivity index (χ2v) is 5.20. The summed E-state index contributed by atoms with van der Waals surface area (Å²) >= 11 is 6.23. The van der Waals surface area contributed by atoms with E-state index in [1.54, 1.807) is 0 Å². The Hall–Kier alpha value is -1.02. The van der Waals surface area contributed by atoms with Crippen molar-refractivity contribution in [3.63, 3.8) is 0 Å². The van der Waals surface area contributed by atoms with Gasteiger partial charge in [0.05, 0.1) is 12.4 Å². The highest BCUT2D eigenvalue weighted by atomic mass is 35.5. The predicted molar refractivity (Wildman–Crippen MR) is 69.4 cm³/mol. The molecule has 0 unspecified atom stereocenters. The first kappa shape index (κ1) is 11.5. The molecule has 0 radical (unpaired) electrons. The van der Waals surface area contributed by atoms with Crippen molar-refractivity contribution >= 4 is 17.4 Å². The van der Waals surface area contributed by atoms with Crippen LogP contribution in [0.2, 0.25) is 5.02 Å². The fourth-order valence-electron chi connectivity index (χ4n) is 2.09. The van der Waals surface area contributed by atoms with Crippen molar-refractivity contribution in [3.05, 3.63) is 34.9 Å². The fourth-order valence-corrected chi connectivity index (χ4v) is 2.48. The molecule has 0 bridgehead atoms. The van der Waals surface area contributed by atoms with E-state index in [0.717, 1.165) is 30.4 Å². The standard InChI is InChI=1S/C13H17ClN2/c1-13(2,9-12-15-7-8-16-12)10-5-3-4-6-11(10)14/h3-6H,7-9H2,1-2H3,(H,15,16). The zero-order valence-corrected chi connectivity index (χ0v) is 10.5. The molecule has 0 fully saturated rings. The van der Waals surface area contributed by atoms with Gasteiger partial charge < -0.3 is 5.32 Å². The molecule has 2 rings (SSSR count). The van der Waals surface area contributed by atoms with Gasteiger partial charge in [-0.25, -0.2) is 0 Å². The third-order valence-corrected chi connectivity index (χ3v) is 3.29. The maximum absolute atomic E-state index is 6.23. The van der Waals surface area contributed by atoms with Crippen molar-refractivity contribution in [1.29, 1.82) is 0 Å². The van der Waals surface area contributed by atoms with Gasteiger partial charge in [-0.3, -0.25) is 4.99 Å². The van der Waals surface area contributed by atoms with Crippen LogP contribution < -0.4 is 5.32 Å². The zero-order chi connectivity index (χ0) is 11.6. The molecule has 2 nitrogen and oxygen atoms in total. The fraction of sp³-hybridized carbons (Fsp3) is 0.462. The number of hydrogen-bond donors (Lipinski definition) is 1. The van der Waals surface area contributed by atoms with Crippen LogP contribution in [0.4, 0.5) is 0 Å². The molecule has 1 aromatic rings. The van der Waals surface area contributed by atoms with E-state index in [1.165, 1.54) is 5.56 Å². The highest BCUT2D eigenvalue weighted by molar-refractivity contribution is 6.31. The van der Waals surface area contributed by atoms with Gasteiger partial charge in [0, 0.05) is 18.0 Å². The van der Waals surface area contributed by atoms with E-state index >= 15 is 0 Å². The number of halogens is 1. The lowest BCUT2D eigenvalue weighted by molar-refractivity contribution is 0.545. The monoisotopic (exact) mass is 236 g/mol. The Labute approximate surface area is 102 Å². The van der Waals surface area contributed by atoms with E-state index in [0.29, 0.717) is 0 Å². The minimum atomic E-state index is 0.0223. The second-order valence-electron chi connectivity index (χ2n) is 4.80. The normalized spacial score (nSPS) is 15.8. The van der Waals surface area contributed by atoms with Crippen molar-refractivity contribution in [2.45, 2.75) is 25.7 Å². The van der Waals surface area contributed by atoms with Crippen LogP contribution in [-0.4, -0.2) is 18.9 Å². The van der Waals surface area contributed by atoms with Gasteiger partial charge in [0.1, 0.15) is 0 Å². The molecule has 0 saturated heterocycles. The number of aliphatic imine (C=N–C) groups is 1. The van der Waals surface area contributed by atoms with Gasteiger partial charge in [0.2, 0.25) is 0 Å². The predicted octanol–water partition coefficient (Wildman–Crippen LogP) is 3.01. The van der Waals surface area contributed by atoms with Gasteiger partial charge >= 0.3 is 0 Å². The summed E-state index contributed by atoms with van der Waals surface area (Å²) < 4.78 is 0. The molecule has 1 aromatic carbocycles. The van der Waals surface area contributed by atoms with Gasteiger partial charge in [-0.05, 0) is 17.0 Å². The third-order valence-electron chi connectivity index (χ3n) is 2.96. The average Bonchev–Trinajstić information content (AvgIpc) is 2.70. The number of amidine groups is 1. The Morgan fingerprint density at radius 1 is 1.38 bits per heavy atom. The van der Waals surface area contributed by atoms with Crippen molar-refractivity contribution < 1.29 is 0 Å². The number of hydrogen-bond acceptors (Lipinski definition) is 2. The Morgan fingerprint density at radius 3 is 2.75 bits per heavy atom. The van der Waals surface area contributed by atoms with Crippen molar-refractivity contribution in [2.24, 2.45) is 4.99 Å². The number of rotatable bonds is 3. The van der Waals surface area contributed by atoms with Crippen LogP contribution in [0.5, 0.6) is 0 Å². The molecule has 0 aromatic heterocycles. The minimum absolute atomic E-state index is 0.0223. The summed E-state index contributed by atoms with van der Waals surface area (Å²) in [6, 6.07) is 8.04. The van der Waals surface area contributed by atoms with E-state index in [-0.39, 0.29) is 5.41 Å². The molecule has 3 heteroatoms. The SMILES string of the molecule is CC(C)(CC1=NCCN1)c1ccccc1Cl. The summed E-state index contributed by atoms with van der Waals surface area (Å²) in [4.78, 5) is 4.44. The lowest BCUT2D eigenvalue weighted by atomic mass is 9.81. The van der Waals surface area contributed by atoms with Crippen LogP contribution in [0, 0.1) is 0 Å². The summed E-state index contributed by atoms with van der Waals surface area (Å²) in [5.74, 6) is 1.10. The number of nitrogens with zero attached hydrogens (tertiary/aromatic N) is 1. The summed E-state index contributed by atoms with van der Waals surface area (Å²) in [6.07, 6.45) is 0.913. The second kappa shape index (κ2) is 4.46. The molecule has 0 atom stereocenters. The molecule has 0 saturated carbocycles. The molecule has 0 amide bonds. The van der Waals surface area contributed by atoms with E-state index in [2.05, 4.69) is 30.2 Å². The maximum Gasteiger partial charge on any atom is 0.0973 e. The smallest absolute Gasteiger partial charge is 0.0973 e. The highest BCUT2D eigenvalue weighted by Crippen LogP contribution is 2.32. The van der Waals surface area contributed by atoms with Crippen LogP contribution >= 0.6 is 11.6 Å². The first-order chi connectivity index (χ1) is 7.59. The van der Waals surface area contributed by atoms with Gasteiger partial charge in [-0.2, -0.15) is 0 Å². The molecule has 1 aliphatic rings. The van der Waals surface area contributed by atoms with E-state index in [1.807, 2.05) is 18.2 Å². The van der Waals surface area contributed by atoms with Crippen LogP contribution in [0.15, 0.2) is 29.3 Å². The van der Waals surface area contributed by atoms with Crippen LogP contribution in [0.25, 0.3) is 0 Å². The molecule has 1 heterocycles. The van der Waals surface area contributed by atoms with Gasteiger partial charge in [-0.1, -0.05) is 43.6 Å². The molecule has 1 aliphatic heterocycles. The first-order valence-corrected chi connectivity index (χ1v) is 5.99. The Balaban J connectivity index is 2.21. The Kier molecular flexibility index (Phi) is 3.20. The van der Waals surface area contributed by atoms with E-state index in [9.17, 15) is 0 Å². The molecule has 0 aliphatic carbocycles. The quantitative estimate of drug-likeness (QED) is 0.857. The average molecular weight is 237 g/mol. The molecule has 16 heavy (non-hydrogen) atoms. The van der Waals surface area contributed by atoms with Crippen LogP contribution in [0.3, 0.4) is 0 Å². The summed E-state index contributed by atoms with van der Waals surface area (Å²) in [5, 5.41) is 4.15. The Morgan fingerprint density at radius 2 is 2.12 bits per heavy atom. The molecular weight excluding hydrogens is 220 g/mol. The largest absolute Gasteiger partial charge is 0.372 e. The summed E-state index contributed by atoms with van der Waals surface area (Å²) in [6.45, 7) is 6.27. The molecule has 86 valence electrons. The third kappa shape index (κ3) is 2.38. The first-order valence-electron chi connectivity index (χ1n) is 5.62. The van der Waals surface area contributed by atoms with Crippen molar-refractivity contribution in [3.8, 4) is 0 Å². The summed E-state index contributed by atoms with van der Waals surface area (Å²) in [5.41, 5.74) is 1.21. The Bertz CT molecular complexity index is 410. The molecule has 0 spiro atoms. The van der Waals surface area contributed by atoms with Gasteiger partial charge in [0.15, 0.2) is 0 Å². The lowest BCUT2D eigenvalue weighted by Gasteiger charge is -2.26. The number of nitrogens with one attached hydrogen (secondary N) is 1. The highest BCUT2D eigenvalue weighted by Gasteiger charge is 2.25. The van der Waals surface area contributed by atoms with Crippen LogP contribution in [0.1, 0.15) is 25.8 Å². The number of benzene rings is 1. The van der Waals surface area contributed by atoms with Crippen molar-refractivity contribution in [1.82, 2.24) is 5.32 Å². The molecule has 1 N–H and O–H groups in total. The maximum atomic E-state index is 6.23. The lowest BCUT2D eigenvalue weighted by Crippen LogP contribution is -2.28. The van der Waals surface area contributed by atoms with Crippen LogP contribution in [-0.2, 0) is 5.41 Å².